The molecule has 0 spiro atoms. The predicted molar refractivity (Wildman–Crippen MR) is 120 cm³/mol. The van der Waals surface area contributed by atoms with Gasteiger partial charge in [-0.1, -0.05) is 67.9 Å². The van der Waals surface area contributed by atoms with Gasteiger partial charge in [0.15, 0.2) is 0 Å². The lowest BCUT2D eigenvalue weighted by molar-refractivity contribution is 0.0816. The minimum absolute atomic E-state index is 0.401. The number of hydrogen-bond donors (Lipinski definition) is 1. The summed E-state index contributed by atoms with van der Waals surface area (Å²) in [5.41, 5.74) is 2.19. The lowest BCUT2D eigenvalue weighted by Gasteiger charge is -2.32. The SMILES string of the molecule is CCN(CC)CCC[C@H](C)N(Cc1ccccc1)C[C@@H](O)c1ccc(Cl)cc1. The summed E-state index contributed by atoms with van der Waals surface area (Å²) in [6.45, 7) is 11.5. The summed E-state index contributed by atoms with van der Waals surface area (Å²) in [5, 5.41) is 11.5. The van der Waals surface area contributed by atoms with E-state index in [1.807, 2.05) is 30.3 Å². The fraction of sp³-hybridized carbons (Fsp3) is 0.500. The van der Waals surface area contributed by atoms with Crippen molar-refractivity contribution in [3.8, 4) is 0 Å². The Kier molecular flexibility index (Phi) is 10.0. The largest absolute Gasteiger partial charge is 0.387 e. The van der Waals surface area contributed by atoms with E-state index in [2.05, 4.69) is 54.8 Å². The second kappa shape index (κ2) is 12.2. The lowest BCUT2D eigenvalue weighted by atomic mass is 10.1. The molecule has 0 aromatic heterocycles. The molecule has 2 atom stereocenters. The van der Waals surface area contributed by atoms with Crippen LogP contribution in [0, 0.1) is 0 Å². The van der Waals surface area contributed by atoms with Crippen molar-refractivity contribution in [1.82, 2.24) is 9.80 Å². The molecule has 0 aliphatic heterocycles. The Balaban J connectivity index is 2.02. The molecule has 2 aromatic rings. The van der Waals surface area contributed by atoms with E-state index in [1.54, 1.807) is 0 Å². The number of rotatable bonds is 12. The van der Waals surface area contributed by atoms with Crippen LogP contribution in [0.3, 0.4) is 0 Å². The molecular weight excluding hydrogens is 368 g/mol. The van der Waals surface area contributed by atoms with Gasteiger partial charge in [0.2, 0.25) is 0 Å². The first-order chi connectivity index (χ1) is 13.5. The Hall–Kier alpha value is -1.39. The fourth-order valence-electron chi connectivity index (χ4n) is 3.56. The van der Waals surface area contributed by atoms with Crippen molar-refractivity contribution in [3.63, 3.8) is 0 Å². The van der Waals surface area contributed by atoms with Gasteiger partial charge in [-0.05, 0) is 62.7 Å². The molecular formula is C24H35ClN2O. The number of benzene rings is 2. The average Bonchev–Trinajstić information content (AvgIpc) is 2.71. The Labute approximate surface area is 175 Å². The van der Waals surface area contributed by atoms with E-state index in [9.17, 15) is 5.11 Å². The molecule has 0 saturated carbocycles. The Bertz CT molecular complexity index is 658. The molecule has 0 aliphatic carbocycles. The van der Waals surface area contributed by atoms with Crippen molar-refractivity contribution in [3.05, 3.63) is 70.7 Å². The van der Waals surface area contributed by atoms with Crippen molar-refractivity contribution in [2.75, 3.05) is 26.2 Å². The van der Waals surface area contributed by atoms with Gasteiger partial charge in [0, 0.05) is 24.2 Å². The van der Waals surface area contributed by atoms with Crippen LogP contribution >= 0.6 is 11.6 Å². The molecule has 28 heavy (non-hydrogen) atoms. The van der Waals surface area contributed by atoms with Crippen LogP contribution in [0.25, 0.3) is 0 Å². The predicted octanol–water partition coefficient (Wildman–Crippen LogP) is 5.39. The van der Waals surface area contributed by atoms with Crippen LogP contribution in [-0.4, -0.2) is 47.1 Å². The van der Waals surface area contributed by atoms with E-state index in [1.165, 1.54) is 12.0 Å². The quantitative estimate of drug-likeness (QED) is 0.515. The summed E-state index contributed by atoms with van der Waals surface area (Å²) in [4.78, 5) is 4.87. The molecule has 2 aromatic carbocycles. The molecule has 0 bridgehead atoms. The summed E-state index contributed by atoms with van der Waals surface area (Å²) < 4.78 is 0. The Morgan fingerprint density at radius 3 is 2.21 bits per heavy atom. The third-order valence-electron chi connectivity index (χ3n) is 5.50. The molecule has 0 saturated heterocycles. The van der Waals surface area contributed by atoms with Gasteiger partial charge >= 0.3 is 0 Å². The second-order valence-corrected chi connectivity index (χ2v) is 7.94. The van der Waals surface area contributed by atoms with E-state index in [4.69, 9.17) is 11.6 Å². The highest BCUT2D eigenvalue weighted by molar-refractivity contribution is 6.30. The van der Waals surface area contributed by atoms with Gasteiger partial charge in [0.1, 0.15) is 0 Å². The first-order valence-corrected chi connectivity index (χ1v) is 10.8. The minimum atomic E-state index is -0.522. The van der Waals surface area contributed by atoms with Gasteiger partial charge in [-0.2, -0.15) is 0 Å². The zero-order chi connectivity index (χ0) is 20.4. The van der Waals surface area contributed by atoms with Gasteiger partial charge in [0.25, 0.3) is 0 Å². The molecule has 154 valence electrons. The number of aliphatic hydroxyl groups excluding tert-OH is 1. The number of aliphatic hydroxyl groups is 1. The van der Waals surface area contributed by atoms with Crippen molar-refractivity contribution in [1.29, 1.82) is 0 Å². The van der Waals surface area contributed by atoms with Crippen LogP contribution in [-0.2, 0) is 6.54 Å². The number of hydrogen-bond acceptors (Lipinski definition) is 3. The molecule has 0 radical (unpaired) electrons. The topological polar surface area (TPSA) is 26.7 Å². The molecule has 2 rings (SSSR count). The van der Waals surface area contributed by atoms with E-state index < -0.39 is 6.10 Å². The Morgan fingerprint density at radius 1 is 0.964 bits per heavy atom. The highest BCUT2D eigenvalue weighted by Crippen LogP contribution is 2.21. The number of nitrogens with zero attached hydrogens (tertiary/aromatic N) is 2. The zero-order valence-corrected chi connectivity index (χ0v) is 18.3. The smallest absolute Gasteiger partial charge is 0.0917 e. The maximum atomic E-state index is 10.8. The monoisotopic (exact) mass is 402 g/mol. The molecule has 4 heteroatoms. The van der Waals surface area contributed by atoms with Crippen LogP contribution in [0.15, 0.2) is 54.6 Å². The van der Waals surface area contributed by atoms with E-state index in [0.29, 0.717) is 17.6 Å². The van der Waals surface area contributed by atoms with Gasteiger partial charge in [-0.3, -0.25) is 4.90 Å². The van der Waals surface area contributed by atoms with E-state index >= 15 is 0 Å². The zero-order valence-electron chi connectivity index (χ0n) is 17.5. The van der Waals surface area contributed by atoms with E-state index in [-0.39, 0.29) is 0 Å². The summed E-state index contributed by atoms with van der Waals surface area (Å²) in [6, 6.07) is 18.4. The third kappa shape index (κ3) is 7.56. The standard InChI is InChI=1S/C24H35ClN2O/c1-4-26(5-2)17-9-10-20(3)27(18-21-11-7-6-8-12-21)19-24(28)22-13-15-23(25)16-14-22/h6-8,11-16,20,24,28H,4-5,9-10,17-19H2,1-3H3/t20-,24+/m0/s1. The highest BCUT2D eigenvalue weighted by Gasteiger charge is 2.19. The highest BCUT2D eigenvalue weighted by atomic mass is 35.5. The van der Waals surface area contributed by atoms with E-state index in [0.717, 1.165) is 38.2 Å². The summed E-state index contributed by atoms with van der Waals surface area (Å²) in [6.07, 6.45) is 1.77. The molecule has 0 fully saturated rings. The summed E-state index contributed by atoms with van der Waals surface area (Å²) in [7, 11) is 0. The fourth-order valence-corrected chi connectivity index (χ4v) is 3.69. The summed E-state index contributed by atoms with van der Waals surface area (Å²) in [5.74, 6) is 0. The average molecular weight is 403 g/mol. The minimum Gasteiger partial charge on any atom is -0.387 e. The van der Waals surface area contributed by atoms with Crippen molar-refractivity contribution in [2.45, 2.75) is 52.3 Å². The normalized spacial score (nSPS) is 13.8. The van der Waals surface area contributed by atoms with Crippen LogP contribution < -0.4 is 0 Å². The first kappa shape index (κ1) is 22.9. The second-order valence-electron chi connectivity index (χ2n) is 7.50. The summed E-state index contributed by atoms with van der Waals surface area (Å²) >= 11 is 5.99. The van der Waals surface area contributed by atoms with Crippen LogP contribution in [0.2, 0.25) is 5.02 Å². The first-order valence-electron chi connectivity index (χ1n) is 10.5. The molecule has 0 heterocycles. The Morgan fingerprint density at radius 2 is 1.61 bits per heavy atom. The third-order valence-corrected chi connectivity index (χ3v) is 5.76. The van der Waals surface area contributed by atoms with Gasteiger partial charge in [0.05, 0.1) is 6.10 Å². The van der Waals surface area contributed by atoms with Crippen LogP contribution in [0.1, 0.15) is 50.8 Å². The lowest BCUT2D eigenvalue weighted by Crippen LogP contribution is -2.36. The maximum absolute atomic E-state index is 10.8. The van der Waals surface area contributed by atoms with Crippen molar-refractivity contribution in [2.24, 2.45) is 0 Å². The van der Waals surface area contributed by atoms with Gasteiger partial charge < -0.3 is 10.0 Å². The molecule has 0 aliphatic rings. The molecule has 0 amide bonds. The van der Waals surface area contributed by atoms with Gasteiger partial charge in [-0.25, -0.2) is 0 Å². The molecule has 0 unspecified atom stereocenters. The number of halogens is 1. The van der Waals surface area contributed by atoms with Crippen LogP contribution in [0.5, 0.6) is 0 Å². The van der Waals surface area contributed by atoms with Gasteiger partial charge in [-0.15, -0.1) is 0 Å². The van der Waals surface area contributed by atoms with Crippen LogP contribution in [0.4, 0.5) is 0 Å². The molecule has 3 nitrogen and oxygen atoms in total. The van der Waals surface area contributed by atoms with Crippen molar-refractivity contribution < 1.29 is 5.11 Å². The maximum Gasteiger partial charge on any atom is 0.0917 e. The molecule has 1 N–H and O–H groups in total. The van der Waals surface area contributed by atoms with Crippen molar-refractivity contribution >= 4 is 11.6 Å².